The van der Waals surface area contributed by atoms with Gasteiger partial charge in [-0.2, -0.15) is 0 Å². The van der Waals surface area contributed by atoms with Crippen LogP contribution in [0.3, 0.4) is 0 Å². The molecule has 1 aliphatic heterocycles. The second-order valence-electron chi connectivity index (χ2n) is 5.34. The van der Waals surface area contributed by atoms with Crippen molar-refractivity contribution in [1.82, 2.24) is 0 Å². The summed E-state index contributed by atoms with van der Waals surface area (Å²) in [5.74, 6) is 0.584. The zero-order chi connectivity index (χ0) is 13.1. The molecule has 1 nitrogen and oxygen atoms in total. The van der Waals surface area contributed by atoms with Gasteiger partial charge in [-0.25, -0.2) is 0 Å². The molecular weight excluding hydrogens is 230 g/mol. The van der Waals surface area contributed by atoms with E-state index in [2.05, 4.69) is 66.7 Å². The summed E-state index contributed by atoms with van der Waals surface area (Å²) in [4.78, 5) is 4.57. The van der Waals surface area contributed by atoms with Crippen LogP contribution in [0.5, 0.6) is 0 Å². The Bertz CT molecular complexity index is 598. The number of hydrogen-bond donors (Lipinski definition) is 0. The maximum atomic E-state index is 4.57. The van der Waals surface area contributed by atoms with Crippen molar-refractivity contribution in [3.8, 4) is 0 Å². The van der Waals surface area contributed by atoms with Crippen molar-refractivity contribution in [2.45, 2.75) is 32.1 Å². The third-order valence-corrected chi connectivity index (χ3v) is 3.82. The first-order valence-corrected chi connectivity index (χ1v) is 7.00. The van der Waals surface area contributed by atoms with Gasteiger partial charge in [-0.3, -0.25) is 4.99 Å². The molecule has 0 saturated carbocycles. The summed E-state index contributed by atoms with van der Waals surface area (Å²) in [5.41, 5.74) is 5.33. The largest absolute Gasteiger partial charge is 0.261 e. The molecule has 1 unspecified atom stereocenters. The van der Waals surface area contributed by atoms with Gasteiger partial charge in [-0.15, -0.1) is 0 Å². The van der Waals surface area contributed by atoms with Gasteiger partial charge in [-0.05, 0) is 49.3 Å². The standard InChI is InChI=1S/C18H19N/c1-14-6-4-7-15(12-14)13-16-8-5-11-19-18-10-3-2-9-17(16)18/h2-4,6-7,9-12,16H,5,8,13H2,1H3. The highest BCUT2D eigenvalue weighted by Gasteiger charge is 2.17. The average Bonchev–Trinajstić information content (AvgIpc) is 2.62. The molecule has 0 amide bonds. The Kier molecular flexibility index (Phi) is 3.45. The van der Waals surface area contributed by atoms with E-state index in [4.69, 9.17) is 0 Å². The zero-order valence-corrected chi connectivity index (χ0v) is 11.3. The minimum atomic E-state index is 0.584. The van der Waals surface area contributed by atoms with E-state index in [-0.39, 0.29) is 0 Å². The lowest BCUT2D eigenvalue weighted by atomic mass is 9.88. The Labute approximate surface area is 115 Å². The molecule has 0 spiro atoms. The summed E-state index contributed by atoms with van der Waals surface area (Å²) >= 11 is 0. The number of aliphatic imine (C=N–C) groups is 1. The van der Waals surface area contributed by atoms with Crippen LogP contribution < -0.4 is 0 Å². The first-order chi connectivity index (χ1) is 9.33. The highest BCUT2D eigenvalue weighted by molar-refractivity contribution is 5.67. The van der Waals surface area contributed by atoms with Gasteiger partial charge in [0.05, 0.1) is 5.69 Å². The Hall–Kier alpha value is -1.89. The molecule has 1 heteroatoms. The summed E-state index contributed by atoms with van der Waals surface area (Å²) < 4.78 is 0. The fourth-order valence-corrected chi connectivity index (χ4v) is 2.88. The lowest BCUT2D eigenvalue weighted by Gasteiger charge is -2.17. The lowest BCUT2D eigenvalue weighted by Crippen LogP contribution is -2.03. The van der Waals surface area contributed by atoms with Crippen molar-refractivity contribution in [3.63, 3.8) is 0 Å². The summed E-state index contributed by atoms with van der Waals surface area (Å²) in [6, 6.07) is 17.4. The third-order valence-electron chi connectivity index (χ3n) is 3.82. The molecule has 0 N–H and O–H groups in total. The summed E-state index contributed by atoms with van der Waals surface area (Å²) in [7, 11) is 0. The van der Waals surface area contributed by atoms with Crippen LogP contribution in [0.1, 0.15) is 35.4 Å². The number of rotatable bonds is 2. The van der Waals surface area contributed by atoms with Crippen molar-refractivity contribution < 1.29 is 0 Å². The maximum absolute atomic E-state index is 4.57. The van der Waals surface area contributed by atoms with Crippen molar-refractivity contribution >= 4 is 11.9 Å². The number of benzene rings is 2. The first-order valence-electron chi connectivity index (χ1n) is 7.00. The van der Waals surface area contributed by atoms with E-state index in [0.717, 1.165) is 18.5 Å². The SMILES string of the molecule is Cc1cccc(CC2CCC=Nc3ccccc32)c1. The number of aryl methyl sites for hydroxylation is 1. The summed E-state index contributed by atoms with van der Waals surface area (Å²) in [6.07, 6.45) is 5.44. The van der Waals surface area contributed by atoms with Gasteiger partial charge in [-0.1, -0.05) is 48.0 Å². The molecule has 2 aromatic rings. The number of nitrogens with zero attached hydrogens (tertiary/aromatic N) is 1. The van der Waals surface area contributed by atoms with Gasteiger partial charge in [0.15, 0.2) is 0 Å². The van der Waals surface area contributed by atoms with Crippen LogP contribution in [0.2, 0.25) is 0 Å². The van der Waals surface area contributed by atoms with E-state index in [0.29, 0.717) is 5.92 Å². The Morgan fingerprint density at radius 3 is 2.89 bits per heavy atom. The van der Waals surface area contributed by atoms with Gasteiger partial charge in [0, 0.05) is 6.21 Å². The van der Waals surface area contributed by atoms with Gasteiger partial charge in [0.1, 0.15) is 0 Å². The van der Waals surface area contributed by atoms with Gasteiger partial charge in [0.2, 0.25) is 0 Å². The fourth-order valence-electron chi connectivity index (χ4n) is 2.88. The van der Waals surface area contributed by atoms with E-state index in [9.17, 15) is 0 Å². The van der Waals surface area contributed by atoms with E-state index in [1.54, 1.807) is 0 Å². The Balaban J connectivity index is 1.90. The topological polar surface area (TPSA) is 12.4 Å². The fraction of sp³-hybridized carbons (Fsp3) is 0.278. The minimum absolute atomic E-state index is 0.584. The zero-order valence-electron chi connectivity index (χ0n) is 11.3. The molecule has 0 bridgehead atoms. The summed E-state index contributed by atoms with van der Waals surface area (Å²) in [6.45, 7) is 2.16. The first kappa shape index (κ1) is 12.2. The van der Waals surface area contributed by atoms with Crippen LogP contribution in [0.4, 0.5) is 5.69 Å². The average molecular weight is 249 g/mol. The number of para-hydroxylation sites is 1. The Morgan fingerprint density at radius 2 is 2.00 bits per heavy atom. The third kappa shape index (κ3) is 2.76. The Morgan fingerprint density at radius 1 is 1.11 bits per heavy atom. The van der Waals surface area contributed by atoms with Crippen molar-refractivity contribution in [3.05, 3.63) is 65.2 Å². The van der Waals surface area contributed by atoms with Crippen LogP contribution in [-0.4, -0.2) is 6.21 Å². The van der Waals surface area contributed by atoms with Crippen LogP contribution in [0, 0.1) is 6.92 Å². The van der Waals surface area contributed by atoms with Crippen LogP contribution in [-0.2, 0) is 6.42 Å². The molecule has 1 atom stereocenters. The molecule has 3 rings (SSSR count). The van der Waals surface area contributed by atoms with Crippen molar-refractivity contribution in [2.75, 3.05) is 0 Å². The highest BCUT2D eigenvalue weighted by atomic mass is 14.7. The predicted molar refractivity (Wildman–Crippen MR) is 81.5 cm³/mol. The summed E-state index contributed by atoms with van der Waals surface area (Å²) in [5, 5.41) is 0. The van der Waals surface area contributed by atoms with E-state index >= 15 is 0 Å². The molecular formula is C18H19N. The lowest BCUT2D eigenvalue weighted by molar-refractivity contribution is 0.646. The smallest absolute Gasteiger partial charge is 0.0660 e. The molecule has 96 valence electrons. The van der Waals surface area contributed by atoms with Crippen molar-refractivity contribution in [2.24, 2.45) is 4.99 Å². The van der Waals surface area contributed by atoms with Gasteiger partial charge in [0.25, 0.3) is 0 Å². The second kappa shape index (κ2) is 5.40. The molecule has 0 radical (unpaired) electrons. The predicted octanol–water partition coefficient (Wildman–Crippen LogP) is 4.82. The molecule has 1 aliphatic rings. The molecule has 0 aliphatic carbocycles. The van der Waals surface area contributed by atoms with Gasteiger partial charge < -0.3 is 0 Å². The van der Waals surface area contributed by atoms with Crippen LogP contribution in [0.25, 0.3) is 0 Å². The molecule has 0 saturated heterocycles. The van der Waals surface area contributed by atoms with Crippen LogP contribution >= 0.6 is 0 Å². The van der Waals surface area contributed by atoms with E-state index in [1.807, 2.05) is 0 Å². The van der Waals surface area contributed by atoms with E-state index in [1.165, 1.54) is 23.1 Å². The van der Waals surface area contributed by atoms with Gasteiger partial charge >= 0.3 is 0 Å². The minimum Gasteiger partial charge on any atom is -0.261 e. The number of fused-ring (bicyclic) bond motifs is 1. The second-order valence-corrected chi connectivity index (χ2v) is 5.34. The molecule has 0 aromatic heterocycles. The molecule has 19 heavy (non-hydrogen) atoms. The maximum Gasteiger partial charge on any atom is 0.0660 e. The van der Waals surface area contributed by atoms with E-state index < -0.39 is 0 Å². The number of hydrogen-bond acceptors (Lipinski definition) is 1. The molecule has 1 heterocycles. The molecule has 2 aromatic carbocycles. The monoisotopic (exact) mass is 249 g/mol. The normalized spacial score (nSPS) is 17.8. The quantitative estimate of drug-likeness (QED) is 0.723. The highest BCUT2D eigenvalue weighted by Crippen LogP contribution is 2.34. The van der Waals surface area contributed by atoms with Crippen LogP contribution in [0.15, 0.2) is 53.5 Å². The van der Waals surface area contributed by atoms with Crippen molar-refractivity contribution in [1.29, 1.82) is 0 Å². The molecule has 0 fully saturated rings.